The number of rotatable bonds is 9. The molecule has 1 amide bonds. The molecule has 4 aromatic rings. The molecule has 2 heterocycles. The van der Waals surface area contributed by atoms with Crippen LogP contribution >= 0.6 is 11.6 Å². The van der Waals surface area contributed by atoms with Crippen LogP contribution in [0, 0.1) is 0 Å². The normalized spacial score (nSPS) is 15.6. The van der Waals surface area contributed by atoms with E-state index in [2.05, 4.69) is 30.2 Å². The summed E-state index contributed by atoms with van der Waals surface area (Å²) in [5.41, 5.74) is 2.42. The van der Waals surface area contributed by atoms with E-state index in [1.807, 2.05) is 13.1 Å². The van der Waals surface area contributed by atoms with Gasteiger partial charge in [0, 0.05) is 24.2 Å². The van der Waals surface area contributed by atoms with Crippen LogP contribution in [0.1, 0.15) is 22.3 Å². The number of likely N-dealkylation sites (N-methyl/N-ethyl adjacent to an activating group) is 1. The Labute approximate surface area is 237 Å². The lowest BCUT2D eigenvalue weighted by molar-refractivity contribution is 0.0938. The van der Waals surface area contributed by atoms with Gasteiger partial charge in [-0.15, -0.1) is 0 Å². The first kappa shape index (κ1) is 27.6. The van der Waals surface area contributed by atoms with Crippen molar-refractivity contribution in [2.45, 2.75) is 18.2 Å². The number of nitrogens with zero attached hydrogens (tertiary/aromatic N) is 3. The average Bonchev–Trinajstić information content (AvgIpc) is 3.34. The first-order valence-corrected chi connectivity index (χ1v) is 14.7. The van der Waals surface area contributed by atoms with Gasteiger partial charge in [0.2, 0.25) is 10.0 Å². The van der Waals surface area contributed by atoms with Crippen molar-refractivity contribution in [2.75, 3.05) is 37.3 Å². The molecule has 3 aromatic carbocycles. The van der Waals surface area contributed by atoms with Crippen LogP contribution in [0.3, 0.4) is 0 Å². The SMILES string of the molecule is COc1ccc(Cl)c(Nc2nc3ccccc3nc2NS(=O)(=O)Cc2cccc(C(=O)NC3CCN(C)C3)c2)c1. The number of aromatic nitrogens is 2. The molecule has 1 fully saturated rings. The number of sulfonamides is 1. The van der Waals surface area contributed by atoms with E-state index in [0.29, 0.717) is 38.6 Å². The van der Waals surface area contributed by atoms with E-state index in [-0.39, 0.29) is 29.3 Å². The van der Waals surface area contributed by atoms with Gasteiger partial charge in [-0.1, -0.05) is 35.9 Å². The fourth-order valence-electron chi connectivity index (χ4n) is 4.54. The lowest BCUT2D eigenvalue weighted by atomic mass is 10.1. The summed E-state index contributed by atoms with van der Waals surface area (Å²) in [7, 11) is -0.408. The number of hydrogen-bond acceptors (Lipinski definition) is 8. The van der Waals surface area contributed by atoms with Gasteiger partial charge in [-0.25, -0.2) is 18.4 Å². The van der Waals surface area contributed by atoms with Crippen molar-refractivity contribution in [1.82, 2.24) is 20.2 Å². The topological polar surface area (TPSA) is 126 Å². The molecule has 1 atom stereocenters. The van der Waals surface area contributed by atoms with E-state index in [9.17, 15) is 13.2 Å². The monoisotopic (exact) mass is 580 g/mol. The Morgan fingerprint density at radius 1 is 1.05 bits per heavy atom. The van der Waals surface area contributed by atoms with E-state index in [1.165, 1.54) is 7.11 Å². The largest absolute Gasteiger partial charge is 0.497 e. The molecule has 1 aliphatic rings. The minimum Gasteiger partial charge on any atom is -0.497 e. The van der Waals surface area contributed by atoms with Gasteiger partial charge in [0.25, 0.3) is 5.91 Å². The van der Waals surface area contributed by atoms with Gasteiger partial charge >= 0.3 is 0 Å². The van der Waals surface area contributed by atoms with Crippen LogP contribution in [0.2, 0.25) is 5.02 Å². The van der Waals surface area contributed by atoms with Crippen LogP contribution in [0.25, 0.3) is 11.0 Å². The number of hydrogen-bond donors (Lipinski definition) is 3. The summed E-state index contributed by atoms with van der Waals surface area (Å²) in [6.45, 7) is 1.71. The molecule has 0 bridgehead atoms. The molecule has 1 aliphatic heterocycles. The molecule has 0 saturated carbocycles. The number of amides is 1. The molecule has 1 unspecified atom stereocenters. The second-order valence-corrected chi connectivity index (χ2v) is 11.8. The molecule has 208 valence electrons. The van der Waals surface area contributed by atoms with Crippen LogP contribution in [0.4, 0.5) is 17.3 Å². The Kier molecular flexibility index (Phi) is 8.06. The molecule has 1 saturated heterocycles. The number of benzene rings is 3. The highest BCUT2D eigenvalue weighted by atomic mass is 35.5. The van der Waals surface area contributed by atoms with Gasteiger partial charge in [-0.2, -0.15) is 0 Å². The summed E-state index contributed by atoms with van der Waals surface area (Å²) in [5.74, 6) is 0.152. The van der Waals surface area contributed by atoms with E-state index in [4.69, 9.17) is 16.3 Å². The Balaban J connectivity index is 1.39. The zero-order chi connectivity index (χ0) is 28.3. The third-order valence-corrected chi connectivity index (χ3v) is 8.07. The lowest BCUT2D eigenvalue weighted by Gasteiger charge is -2.15. The summed E-state index contributed by atoms with van der Waals surface area (Å²) in [6, 6.07) is 18.9. The van der Waals surface area contributed by atoms with Crippen molar-refractivity contribution in [3.8, 4) is 5.75 Å². The first-order chi connectivity index (χ1) is 19.2. The zero-order valence-electron chi connectivity index (χ0n) is 22.0. The zero-order valence-corrected chi connectivity index (χ0v) is 23.6. The fourth-order valence-corrected chi connectivity index (χ4v) is 5.83. The highest BCUT2D eigenvalue weighted by molar-refractivity contribution is 7.91. The summed E-state index contributed by atoms with van der Waals surface area (Å²) in [5, 5.41) is 6.50. The van der Waals surface area contributed by atoms with Crippen molar-refractivity contribution in [3.05, 3.63) is 82.9 Å². The quantitative estimate of drug-likeness (QED) is 0.266. The number of halogens is 1. The Hall–Kier alpha value is -3.93. The number of nitrogens with one attached hydrogen (secondary N) is 3. The van der Waals surface area contributed by atoms with Crippen LogP contribution in [-0.4, -0.2) is 62.5 Å². The van der Waals surface area contributed by atoms with Crippen molar-refractivity contribution in [2.24, 2.45) is 0 Å². The van der Waals surface area contributed by atoms with E-state index in [1.54, 1.807) is 60.7 Å². The number of likely N-dealkylation sites (tertiary alicyclic amines) is 1. The molecule has 40 heavy (non-hydrogen) atoms. The van der Waals surface area contributed by atoms with Crippen LogP contribution in [0.15, 0.2) is 66.7 Å². The Bertz CT molecular complexity index is 1670. The highest BCUT2D eigenvalue weighted by Gasteiger charge is 2.23. The summed E-state index contributed by atoms with van der Waals surface area (Å²) < 4.78 is 34.5. The second-order valence-electron chi connectivity index (χ2n) is 9.66. The van der Waals surface area contributed by atoms with Crippen LogP contribution in [-0.2, 0) is 15.8 Å². The maximum atomic E-state index is 13.3. The summed E-state index contributed by atoms with van der Waals surface area (Å²) in [4.78, 5) is 24.1. The van der Waals surface area contributed by atoms with Crippen molar-refractivity contribution >= 4 is 55.9 Å². The first-order valence-electron chi connectivity index (χ1n) is 12.7. The minimum absolute atomic E-state index is 0.0110. The summed E-state index contributed by atoms with van der Waals surface area (Å²) >= 11 is 6.38. The van der Waals surface area contributed by atoms with Crippen LogP contribution in [0.5, 0.6) is 5.75 Å². The molecule has 10 nitrogen and oxygen atoms in total. The molecule has 3 N–H and O–H groups in total. The minimum atomic E-state index is -3.95. The maximum Gasteiger partial charge on any atom is 0.251 e. The van der Waals surface area contributed by atoms with Gasteiger partial charge in [-0.05, 0) is 62.0 Å². The molecule has 1 aromatic heterocycles. The molecule has 0 radical (unpaired) electrons. The Morgan fingerprint density at radius 3 is 2.50 bits per heavy atom. The standard InChI is InChI=1S/C28H29ClN6O4S/c1-35-13-12-20(16-35)30-28(36)19-7-5-6-18(14-19)17-40(37,38)34-27-26(31-23-8-3-4-9-24(23)32-27)33-25-15-21(39-2)10-11-22(25)29/h3-11,14-15,20H,12-13,16-17H2,1-2H3,(H,30,36)(H,31,33)(H,32,34). The van der Waals surface area contributed by atoms with Crippen molar-refractivity contribution in [3.63, 3.8) is 0 Å². The molecular formula is C28H29ClN6O4S. The van der Waals surface area contributed by atoms with Gasteiger partial charge in [0.05, 0.1) is 34.6 Å². The highest BCUT2D eigenvalue weighted by Crippen LogP contribution is 2.32. The molecule has 5 rings (SSSR count). The van der Waals surface area contributed by atoms with E-state index in [0.717, 1.165) is 19.5 Å². The Morgan fingerprint density at radius 2 is 1.80 bits per heavy atom. The molecule has 0 aliphatic carbocycles. The smallest absolute Gasteiger partial charge is 0.251 e. The van der Waals surface area contributed by atoms with E-state index >= 15 is 0 Å². The predicted molar refractivity (Wildman–Crippen MR) is 157 cm³/mol. The van der Waals surface area contributed by atoms with Crippen molar-refractivity contribution < 1.29 is 17.9 Å². The second kappa shape index (κ2) is 11.7. The number of carbonyl (C=O) groups excluding carboxylic acids is 1. The number of carbonyl (C=O) groups is 1. The number of anilines is 3. The maximum absolute atomic E-state index is 13.3. The lowest BCUT2D eigenvalue weighted by Crippen LogP contribution is -2.36. The third kappa shape index (κ3) is 6.61. The molecule has 12 heteroatoms. The number of fused-ring (bicyclic) bond motifs is 1. The third-order valence-electron chi connectivity index (χ3n) is 6.52. The number of ether oxygens (including phenoxy) is 1. The average molecular weight is 581 g/mol. The van der Waals surface area contributed by atoms with Gasteiger partial charge in [-0.3, -0.25) is 9.52 Å². The van der Waals surface area contributed by atoms with Gasteiger partial charge < -0.3 is 20.3 Å². The summed E-state index contributed by atoms with van der Waals surface area (Å²) in [6.07, 6.45) is 0.879. The number of para-hydroxylation sites is 2. The molecular weight excluding hydrogens is 552 g/mol. The number of methoxy groups -OCH3 is 1. The van der Waals surface area contributed by atoms with Crippen molar-refractivity contribution in [1.29, 1.82) is 0 Å². The van der Waals surface area contributed by atoms with Crippen LogP contribution < -0.4 is 20.1 Å². The molecule has 0 spiro atoms. The van der Waals surface area contributed by atoms with Gasteiger partial charge in [0.1, 0.15) is 5.75 Å². The van der Waals surface area contributed by atoms with E-state index < -0.39 is 10.0 Å². The fraction of sp³-hybridized carbons (Fsp3) is 0.250. The van der Waals surface area contributed by atoms with Gasteiger partial charge in [0.15, 0.2) is 11.6 Å². The predicted octanol–water partition coefficient (Wildman–Crippen LogP) is 4.41.